The number of primary amides is 1. The Hall–Kier alpha value is -3.19. The van der Waals surface area contributed by atoms with E-state index in [0.29, 0.717) is 16.8 Å². The predicted octanol–water partition coefficient (Wildman–Crippen LogP) is 1.39. The first-order valence-electron chi connectivity index (χ1n) is 7.52. The van der Waals surface area contributed by atoms with Crippen LogP contribution in [0.5, 0.6) is 0 Å². The third kappa shape index (κ3) is 4.89. The monoisotopic (exact) mass is 342 g/mol. The Balaban J connectivity index is 1.93. The summed E-state index contributed by atoms with van der Waals surface area (Å²) in [5, 5.41) is 12.5. The van der Waals surface area contributed by atoms with Crippen molar-refractivity contribution in [2.24, 2.45) is 5.73 Å². The zero-order chi connectivity index (χ0) is 18.4. The number of hydrogen-bond acceptors (Lipinski definition) is 5. The molecule has 7 heteroatoms. The number of carbonyl (C=O) groups is 3. The van der Waals surface area contributed by atoms with Crippen LogP contribution in [0.25, 0.3) is 0 Å². The first-order chi connectivity index (χ1) is 11.9. The predicted molar refractivity (Wildman–Crippen MR) is 90.5 cm³/mol. The van der Waals surface area contributed by atoms with Gasteiger partial charge in [0.2, 0.25) is 5.91 Å². The van der Waals surface area contributed by atoms with Crippen molar-refractivity contribution < 1.29 is 24.2 Å². The molecule has 7 nitrogen and oxygen atoms in total. The third-order valence-corrected chi connectivity index (χ3v) is 3.44. The highest BCUT2D eigenvalue weighted by molar-refractivity contribution is 5.97. The van der Waals surface area contributed by atoms with Crippen molar-refractivity contribution in [3.8, 4) is 0 Å². The average Bonchev–Trinajstić information content (AvgIpc) is 2.62. The smallest absolute Gasteiger partial charge is 0.340 e. The molecular formula is C18H18N2O5. The van der Waals surface area contributed by atoms with Gasteiger partial charge in [0.05, 0.1) is 0 Å². The van der Waals surface area contributed by atoms with Gasteiger partial charge in [0.1, 0.15) is 0 Å². The van der Waals surface area contributed by atoms with Crippen LogP contribution in [0.3, 0.4) is 0 Å². The molecule has 2 atom stereocenters. The van der Waals surface area contributed by atoms with Crippen LogP contribution in [0.4, 0.5) is 5.69 Å². The lowest BCUT2D eigenvalue weighted by atomic mass is 10.1. The van der Waals surface area contributed by atoms with Crippen LogP contribution < -0.4 is 11.1 Å². The number of hydrogen-bond donors (Lipinski definition) is 3. The van der Waals surface area contributed by atoms with Gasteiger partial charge in [0.25, 0.3) is 5.91 Å². The molecule has 0 bridgehead atoms. The molecule has 0 saturated heterocycles. The minimum absolute atomic E-state index is 0.309. The van der Waals surface area contributed by atoms with E-state index in [9.17, 15) is 19.5 Å². The molecule has 0 aliphatic rings. The number of esters is 1. The molecule has 0 aromatic heterocycles. The number of amides is 2. The van der Waals surface area contributed by atoms with E-state index in [1.54, 1.807) is 30.3 Å². The quantitative estimate of drug-likeness (QED) is 0.686. The van der Waals surface area contributed by atoms with Crippen LogP contribution in [0.15, 0.2) is 54.6 Å². The molecule has 2 aromatic carbocycles. The number of benzene rings is 2. The van der Waals surface area contributed by atoms with Gasteiger partial charge in [0.15, 0.2) is 12.2 Å². The summed E-state index contributed by atoms with van der Waals surface area (Å²) in [6.07, 6.45) is -2.58. The largest absolute Gasteiger partial charge is 0.450 e. The number of nitrogens with one attached hydrogen (secondary N) is 1. The van der Waals surface area contributed by atoms with Crippen LogP contribution in [-0.2, 0) is 14.3 Å². The Morgan fingerprint density at radius 1 is 1.04 bits per heavy atom. The number of ether oxygens (including phenoxy) is 1. The minimum atomic E-state index is -1.47. The molecule has 0 unspecified atom stereocenters. The van der Waals surface area contributed by atoms with Crippen LogP contribution in [0, 0.1) is 0 Å². The fourth-order valence-corrected chi connectivity index (χ4v) is 2.03. The second kappa shape index (κ2) is 8.07. The fraction of sp³-hybridized carbons (Fsp3) is 0.167. The average molecular weight is 342 g/mol. The summed E-state index contributed by atoms with van der Waals surface area (Å²) in [5.74, 6) is -2.06. The normalized spacial score (nSPS) is 12.7. The van der Waals surface area contributed by atoms with Crippen molar-refractivity contribution >= 4 is 23.5 Å². The summed E-state index contributed by atoms with van der Waals surface area (Å²) in [5.41, 5.74) is 6.24. The zero-order valence-corrected chi connectivity index (χ0v) is 13.5. The molecule has 0 radical (unpaired) electrons. The Morgan fingerprint density at radius 2 is 1.64 bits per heavy atom. The number of carbonyl (C=O) groups excluding carboxylic acids is 3. The van der Waals surface area contributed by atoms with Gasteiger partial charge in [-0.05, 0) is 36.8 Å². The van der Waals surface area contributed by atoms with Crippen molar-refractivity contribution in [1.29, 1.82) is 0 Å². The molecule has 0 saturated carbocycles. The molecule has 4 N–H and O–H groups in total. The number of aliphatic hydroxyl groups excluding tert-OH is 1. The maximum Gasteiger partial charge on any atom is 0.340 e. The van der Waals surface area contributed by atoms with Crippen molar-refractivity contribution in [3.63, 3.8) is 0 Å². The number of nitrogens with two attached hydrogens (primary N) is 1. The Labute approximate surface area is 144 Å². The van der Waals surface area contributed by atoms with E-state index >= 15 is 0 Å². The Kier molecular flexibility index (Phi) is 5.86. The highest BCUT2D eigenvalue weighted by atomic mass is 16.6. The lowest BCUT2D eigenvalue weighted by molar-refractivity contribution is -0.162. The Morgan fingerprint density at radius 3 is 2.20 bits per heavy atom. The van der Waals surface area contributed by atoms with Gasteiger partial charge in [-0.2, -0.15) is 0 Å². The summed E-state index contributed by atoms with van der Waals surface area (Å²) in [6, 6.07) is 14.2. The van der Waals surface area contributed by atoms with E-state index in [2.05, 4.69) is 5.32 Å². The molecule has 0 fully saturated rings. The lowest BCUT2D eigenvalue weighted by Gasteiger charge is -2.16. The second-order valence-corrected chi connectivity index (χ2v) is 5.32. The lowest BCUT2D eigenvalue weighted by Crippen LogP contribution is -2.31. The van der Waals surface area contributed by atoms with Crippen LogP contribution in [-0.4, -0.2) is 29.0 Å². The maximum atomic E-state index is 12.1. The third-order valence-electron chi connectivity index (χ3n) is 3.44. The van der Waals surface area contributed by atoms with Crippen LogP contribution >= 0.6 is 0 Å². The van der Waals surface area contributed by atoms with Gasteiger partial charge in [0, 0.05) is 11.3 Å². The van der Waals surface area contributed by atoms with Gasteiger partial charge in [-0.25, -0.2) is 4.79 Å². The summed E-state index contributed by atoms with van der Waals surface area (Å²) < 4.78 is 4.99. The minimum Gasteiger partial charge on any atom is -0.450 e. The Bertz CT molecular complexity index is 759. The van der Waals surface area contributed by atoms with E-state index in [0.717, 1.165) is 0 Å². The van der Waals surface area contributed by atoms with E-state index in [4.69, 9.17) is 10.5 Å². The number of rotatable bonds is 6. The van der Waals surface area contributed by atoms with Gasteiger partial charge in [-0.1, -0.05) is 30.3 Å². The van der Waals surface area contributed by atoms with Gasteiger partial charge >= 0.3 is 5.97 Å². The molecule has 0 heterocycles. The maximum absolute atomic E-state index is 12.1. The molecule has 25 heavy (non-hydrogen) atoms. The molecule has 0 aliphatic carbocycles. The van der Waals surface area contributed by atoms with E-state index in [1.807, 2.05) is 0 Å². The molecular weight excluding hydrogens is 324 g/mol. The van der Waals surface area contributed by atoms with E-state index < -0.39 is 30.0 Å². The first-order valence-corrected chi connectivity index (χ1v) is 7.52. The van der Waals surface area contributed by atoms with Crippen LogP contribution in [0.1, 0.15) is 28.9 Å². The summed E-state index contributed by atoms with van der Waals surface area (Å²) in [6.45, 7) is 1.39. The number of anilines is 1. The van der Waals surface area contributed by atoms with E-state index in [-0.39, 0.29) is 0 Å². The second-order valence-electron chi connectivity index (χ2n) is 5.32. The van der Waals surface area contributed by atoms with Gasteiger partial charge in [-0.3, -0.25) is 9.59 Å². The summed E-state index contributed by atoms with van der Waals surface area (Å²) in [7, 11) is 0. The van der Waals surface area contributed by atoms with Gasteiger partial charge in [-0.15, -0.1) is 0 Å². The molecule has 2 amide bonds. The van der Waals surface area contributed by atoms with Crippen molar-refractivity contribution in [3.05, 3.63) is 65.7 Å². The standard InChI is InChI=1S/C18H18N2O5/c1-11(25-18(24)15(21)12-5-3-2-4-6-12)17(23)20-14-9-7-13(8-10-14)16(19)22/h2-11,15,21H,1H3,(H2,19,22)(H,20,23)/t11-,15-/m0/s1. The zero-order valence-electron chi connectivity index (χ0n) is 13.5. The fourth-order valence-electron chi connectivity index (χ4n) is 2.03. The molecule has 2 aromatic rings. The topological polar surface area (TPSA) is 119 Å². The van der Waals surface area contributed by atoms with E-state index in [1.165, 1.54) is 31.2 Å². The van der Waals surface area contributed by atoms with Crippen molar-refractivity contribution in [2.75, 3.05) is 5.32 Å². The van der Waals surface area contributed by atoms with Crippen molar-refractivity contribution in [2.45, 2.75) is 19.1 Å². The highest BCUT2D eigenvalue weighted by Crippen LogP contribution is 2.15. The molecule has 0 spiro atoms. The summed E-state index contributed by atoms with van der Waals surface area (Å²) >= 11 is 0. The first kappa shape index (κ1) is 18.2. The SMILES string of the molecule is C[C@H](OC(=O)[C@@H](O)c1ccccc1)C(=O)Nc1ccc(C(N)=O)cc1. The molecule has 2 rings (SSSR count). The number of aliphatic hydroxyl groups is 1. The van der Waals surface area contributed by atoms with Crippen LogP contribution in [0.2, 0.25) is 0 Å². The highest BCUT2D eigenvalue weighted by Gasteiger charge is 2.24. The summed E-state index contributed by atoms with van der Waals surface area (Å²) in [4.78, 5) is 35.0. The molecule has 130 valence electrons. The molecule has 0 aliphatic heterocycles. The van der Waals surface area contributed by atoms with Crippen molar-refractivity contribution in [1.82, 2.24) is 0 Å². The van der Waals surface area contributed by atoms with Gasteiger partial charge < -0.3 is 20.9 Å².